The number of anilines is 1. The molecule has 0 N–H and O–H groups in total. The second-order valence-electron chi connectivity index (χ2n) is 6.91. The maximum absolute atomic E-state index is 13.1. The number of fused-ring (bicyclic) bond motifs is 1. The monoisotopic (exact) mass is 466 g/mol. The van der Waals surface area contributed by atoms with Crippen LogP contribution in [0.3, 0.4) is 0 Å². The number of rotatable bonds is 7. The molecule has 6 nitrogen and oxygen atoms in total. The molecule has 0 aliphatic carbocycles. The Morgan fingerprint density at radius 3 is 2.80 bits per heavy atom. The number of terminal acetylenes is 1. The highest BCUT2D eigenvalue weighted by Crippen LogP contribution is 2.24. The van der Waals surface area contributed by atoms with Gasteiger partial charge in [-0.3, -0.25) is 4.79 Å². The first-order valence-corrected chi connectivity index (χ1v) is 10.4. The predicted octanol–water partition coefficient (Wildman–Crippen LogP) is 4.07. The van der Waals surface area contributed by atoms with Crippen molar-refractivity contribution in [1.82, 2.24) is 9.66 Å². The first-order valence-electron chi connectivity index (χ1n) is 9.57. The van der Waals surface area contributed by atoms with Crippen LogP contribution in [0.4, 0.5) is 5.69 Å². The highest BCUT2D eigenvalue weighted by molar-refractivity contribution is 9.10. The lowest BCUT2D eigenvalue weighted by Crippen LogP contribution is -2.22. The molecule has 0 aliphatic heterocycles. The van der Waals surface area contributed by atoms with Crippen LogP contribution in [0.25, 0.3) is 10.9 Å². The Kier molecular flexibility index (Phi) is 6.91. The Morgan fingerprint density at radius 2 is 2.10 bits per heavy atom. The normalized spacial score (nSPS) is 11.0. The lowest BCUT2D eigenvalue weighted by atomic mass is 10.2. The van der Waals surface area contributed by atoms with Crippen LogP contribution in [0.1, 0.15) is 24.7 Å². The lowest BCUT2D eigenvalue weighted by Gasteiger charge is -2.15. The third-order valence-electron chi connectivity index (χ3n) is 4.49. The van der Waals surface area contributed by atoms with Gasteiger partial charge in [-0.25, -0.2) is 4.98 Å². The summed E-state index contributed by atoms with van der Waals surface area (Å²) < 4.78 is 7.88. The molecule has 0 radical (unpaired) electrons. The molecule has 0 spiro atoms. The van der Waals surface area contributed by atoms with Crippen molar-refractivity contribution >= 4 is 38.7 Å². The zero-order valence-electron chi connectivity index (χ0n) is 17.2. The Hall–Kier alpha value is -3.11. The predicted molar refractivity (Wildman–Crippen MR) is 126 cm³/mol. The van der Waals surface area contributed by atoms with E-state index in [2.05, 4.69) is 31.9 Å². The number of aryl methyl sites for hydroxylation is 1. The van der Waals surface area contributed by atoms with Crippen molar-refractivity contribution in [2.24, 2.45) is 5.10 Å². The maximum atomic E-state index is 13.1. The van der Waals surface area contributed by atoms with Crippen LogP contribution in [0.5, 0.6) is 5.75 Å². The van der Waals surface area contributed by atoms with Gasteiger partial charge in [0.1, 0.15) is 18.2 Å². The molecule has 3 rings (SSSR count). The van der Waals surface area contributed by atoms with Crippen molar-refractivity contribution in [3.05, 3.63) is 62.6 Å². The van der Waals surface area contributed by atoms with E-state index in [1.54, 1.807) is 12.3 Å². The SMILES string of the molecule is C#CCOc1cc(N(C)C)ccc1C=Nn1c(CCC)nc2ccc(Br)cc2c1=O. The molecular weight excluding hydrogens is 444 g/mol. The van der Waals surface area contributed by atoms with Gasteiger partial charge in [-0.15, -0.1) is 6.42 Å². The van der Waals surface area contributed by atoms with Crippen molar-refractivity contribution in [2.45, 2.75) is 19.8 Å². The average molecular weight is 467 g/mol. The molecule has 0 unspecified atom stereocenters. The van der Waals surface area contributed by atoms with Crippen LogP contribution >= 0.6 is 15.9 Å². The van der Waals surface area contributed by atoms with Crippen LogP contribution in [0.2, 0.25) is 0 Å². The van der Waals surface area contributed by atoms with Gasteiger partial charge in [0.15, 0.2) is 0 Å². The van der Waals surface area contributed by atoms with Crippen LogP contribution in [-0.4, -0.2) is 36.6 Å². The van der Waals surface area contributed by atoms with Gasteiger partial charge in [-0.05, 0) is 36.8 Å². The number of nitrogens with zero attached hydrogens (tertiary/aromatic N) is 4. The van der Waals surface area contributed by atoms with E-state index in [0.29, 0.717) is 28.9 Å². The van der Waals surface area contributed by atoms with Crippen LogP contribution in [0, 0.1) is 12.3 Å². The third-order valence-corrected chi connectivity index (χ3v) is 4.98. The molecule has 0 atom stereocenters. The molecule has 0 bridgehead atoms. The number of aromatic nitrogens is 2. The second-order valence-corrected chi connectivity index (χ2v) is 7.83. The average Bonchev–Trinajstić information content (AvgIpc) is 2.73. The molecule has 7 heteroatoms. The zero-order valence-corrected chi connectivity index (χ0v) is 18.8. The maximum Gasteiger partial charge on any atom is 0.282 e. The quantitative estimate of drug-likeness (QED) is 0.388. The number of hydrogen-bond donors (Lipinski definition) is 0. The van der Waals surface area contributed by atoms with Crippen molar-refractivity contribution in [3.63, 3.8) is 0 Å². The van der Waals surface area contributed by atoms with Crippen molar-refractivity contribution in [2.75, 3.05) is 25.6 Å². The van der Waals surface area contributed by atoms with E-state index in [0.717, 1.165) is 22.1 Å². The van der Waals surface area contributed by atoms with E-state index in [4.69, 9.17) is 11.2 Å². The van der Waals surface area contributed by atoms with Crippen LogP contribution in [-0.2, 0) is 6.42 Å². The van der Waals surface area contributed by atoms with E-state index in [9.17, 15) is 4.79 Å². The fourth-order valence-corrected chi connectivity index (χ4v) is 3.33. The van der Waals surface area contributed by atoms with Crippen molar-refractivity contribution < 1.29 is 4.74 Å². The Labute approximate surface area is 184 Å². The van der Waals surface area contributed by atoms with E-state index in [-0.39, 0.29) is 12.2 Å². The largest absolute Gasteiger partial charge is 0.480 e. The molecule has 0 saturated carbocycles. The standard InChI is InChI=1S/C23H23BrN4O2/c1-5-7-22-26-20-11-9-17(24)13-19(20)23(29)28(22)25-15-16-8-10-18(27(3)4)14-21(16)30-12-6-2/h2,8-11,13-15H,5,7,12H2,1,3-4H3. The molecule has 1 heterocycles. The molecule has 0 fully saturated rings. The molecule has 0 amide bonds. The van der Waals surface area contributed by atoms with Gasteiger partial charge in [0.25, 0.3) is 5.56 Å². The number of ether oxygens (including phenoxy) is 1. The fourth-order valence-electron chi connectivity index (χ4n) is 2.97. The summed E-state index contributed by atoms with van der Waals surface area (Å²) in [6, 6.07) is 11.2. The number of halogens is 1. The molecular formula is C23H23BrN4O2. The summed E-state index contributed by atoms with van der Waals surface area (Å²) in [6.45, 7) is 2.18. The topological polar surface area (TPSA) is 59.7 Å². The van der Waals surface area contributed by atoms with Gasteiger partial charge >= 0.3 is 0 Å². The summed E-state index contributed by atoms with van der Waals surface area (Å²) in [6.07, 6.45) is 8.44. The number of hydrogen-bond acceptors (Lipinski definition) is 5. The molecule has 0 saturated heterocycles. The Bertz CT molecular complexity index is 1190. The highest BCUT2D eigenvalue weighted by atomic mass is 79.9. The summed E-state index contributed by atoms with van der Waals surface area (Å²) in [7, 11) is 3.90. The molecule has 30 heavy (non-hydrogen) atoms. The van der Waals surface area contributed by atoms with E-state index in [1.807, 2.05) is 56.3 Å². The Morgan fingerprint density at radius 1 is 1.30 bits per heavy atom. The summed E-state index contributed by atoms with van der Waals surface area (Å²) in [5.74, 6) is 3.69. The minimum absolute atomic E-state index is 0.143. The van der Waals surface area contributed by atoms with Gasteiger partial charge in [-0.1, -0.05) is 28.8 Å². The lowest BCUT2D eigenvalue weighted by molar-refractivity contribution is 0.370. The molecule has 2 aromatic carbocycles. The first-order chi connectivity index (χ1) is 14.4. The van der Waals surface area contributed by atoms with E-state index < -0.39 is 0 Å². The highest BCUT2D eigenvalue weighted by Gasteiger charge is 2.11. The van der Waals surface area contributed by atoms with E-state index in [1.165, 1.54) is 4.68 Å². The van der Waals surface area contributed by atoms with E-state index >= 15 is 0 Å². The molecule has 1 aromatic heterocycles. The van der Waals surface area contributed by atoms with Gasteiger partial charge in [-0.2, -0.15) is 9.78 Å². The number of benzene rings is 2. The molecule has 3 aromatic rings. The molecule has 154 valence electrons. The third kappa shape index (κ3) is 4.71. The summed E-state index contributed by atoms with van der Waals surface area (Å²) in [4.78, 5) is 19.7. The van der Waals surface area contributed by atoms with Crippen LogP contribution < -0.4 is 15.2 Å². The summed E-state index contributed by atoms with van der Waals surface area (Å²) >= 11 is 3.42. The minimum Gasteiger partial charge on any atom is -0.480 e. The van der Waals surface area contributed by atoms with Gasteiger partial charge in [0.05, 0.1) is 17.1 Å². The smallest absolute Gasteiger partial charge is 0.282 e. The van der Waals surface area contributed by atoms with Gasteiger partial charge < -0.3 is 9.64 Å². The van der Waals surface area contributed by atoms with Gasteiger partial charge in [0, 0.05) is 42.3 Å². The minimum atomic E-state index is -0.211. The van der Waals surface area contributed by atoms with Crippen molar-refractivity contribution in [1.29, 1.82) is 0 Å². The zero-order chi connectivity index (χ0) is 21.7. The van der Waals surface area contributed by atoms with Gasteiger partial charge in [0.2, 0.25) is 0 Å². The summed E-state index contributed by atoms with van der Waals surface area (Å²) in [5, 5.41) is 4.98. The van der Waals surface area contributed by atoms with Crippen LogP contribution in [0.15, 0.2) is 50.8 Å². The summed E-state index contributed by atoms with van der Waals surface area (Å²) in [5.41, 5.74) is 2.14. The van der Waals surface area contributed by atoms with Crippen molar-refractivity contribution in [3.8, 4) is 18.1 Å². The first kappa shape index (κ1) is 21.6. The molecule has 0 aliphatic rings. The second kappa shape index (κ2) is 9.59. The Balaban J connectivity index is 2.11. The fraction of sp³-hybridized carbons (Fsp3) is 0.261.